The van der Waals surface area contributed by atoms with Crippen LogP contribution in [0.25, 0.3) is 17.1 Å². The number of imidazole rings is 1. The third-order valence-electron chi connectivity index (χ3n) is 6.23. The first kappa shape index (κ1) is 26.0. The molecule has 11 nitrogen and oxygen atoms in total. The van der Waals surface area contributed by atoms with Crippen LogP contribution in [-0.4, -0.2) is 55.8 Å². The lowest BCUT2D eigenvalue weighted by atomic mass is 10.1. The molecule has 4 aromatic rings. The maximum atomic E-state index is 13.3. The predicted molar refractivity (Wildman–Crippen MR) is 143 cm³/mol. The lowest BCUT2D eigenvalue weighted by molar-refractivity contribution is 0.0219. The average molecular weight is 531 g/mol. The Morgan fingerprint density at radius 2 is 1.87 bits per heavy atom. The van der Waals surface area contributed by atoms with Gasteiger partial charge in [0, 0.05) is 18.5 Å². The van der Waals surface area contributed by atoms with E-state index in [0.717, 1.165) is 17.0 Å². The standard InChI is InChI=1S/C28H30N6O5/c1-17-23(24(32-39-17)18-9-7-6-8-10-18)25(35)30-20-11-12-22(31-26(20)37-5)34-16-29-19-13-14-33(15-21(19)34)27(36)38-28(2,3)4/h6-12,16H,13-15H2,1-5H3,(H,30,35). The number of carbonyl (C=O) groups is 2. The second-order valence-electron chi connectivity index (χ2n) is 10.2. The molecule has 0 fully saturated rings. The molecule has 202 valence electrons. The number of aromatic nitrogens is 4. The van der Waals surface area contributed by atoms with E-state index in [1.54, 1.807) is 30.3 Å². The minimum Gasteiger partial charge on any atom is -0.479 e. The zero-order valence-electron chi connectivity index (χ0n) is 22.5. The number of rotatable bonds is 5. The largest absolute Gasteiger partial charge is 0.479 e. The fourth-order valence-electron chi connectivity index (χ4n) is 4.40. The molecule has 5 rings (SSSR count). The van der Waals surface area contributed by atoms with Crippen molar-refractivity contribution < 1.29 is 23.6 Å². The Balaban J connectivity index is 1.39. The van der Waals surface area contributed by atoms with Gasteiger partial charge in [-0.05, 0) is 39.8 Å². The highest BCUT2D eigenvalue weighted by molar-refractivity contribution is 6.09. The van der Waals surface area contributed by atoms with E-state index < -0.39 is 11.5 Å². The minimum absolute atomic E-state index is 0.221. The molecule has 3 aromatic heterocycles. The molecular formula is C28H30N6O5. The van der Waals surface area contributed by atoms with Crippen LogP contribution in [0.1, 0.15) is 48.3 Å². The fourth-order valence-corrected chi connectivity index (χ4v) is 4.40. The molecule has 0 unspecified atom stereocenters. The molecule has 2 amide bonds. The van der Waals surface area contributed by atoms with Crippen LogP contribution in [0.5, 0.6) is 5.88 Å². The zero-order chi connectivity index (χ0) is 27.7. The summed E-state index contributed by atoms with van der Waals surface area (Å²) in [5.74, 6) is 0.761. The van der Waals surface area contributed by atoms with Crippen LogP contribution in [0.4, 0.5) is 10.5 Å². The highest BCUT2D eigenvalue weighted by atomic mass is 16.6. The minimum atomic E-state index is -0.584. The van der Waals surface area contributed by atoms with Gasteiger partial charge in [0.25, 0.3) is 5.91 Å². The number of fused-ring (bicyclic) bond motifs is 1. The Bertz CT molecular complexity index is 1520. The molecule has 1 aliphatic rings. The number of carbonyl (C=O) groups excluding carboxylic acids is 2. The second kappa shape index (κ2) is 10.2. The number of benzene rings is 1. The first-order valence-electron chi connectivity index (χ1n) is 12.6. The van der Waals surface area contributed by atoms with Crippen LogP contribution >= 0.6 is 0 Å². The molecule has 0 atom stereocenters. The summed E-state index contributed by atoms with van der Waals surface area (Å²) in [4.78, 5) is 36.8. The SMILES string of the molecule is COc1nc(-n2cnc3c2CN(C(=O)OC(C)(C)C)CC3)ccc1NC(=O)c1c(-c2ccccc2)noc1C. The molecule has 39 heavy (non-hydrogen) atoms. The molecule has 1 aliphatic heterocycles. The number of amides is 2. The van der Waals surface area contributed by atoms with E-state index >= 15 is 0 Å². The molecule has 0 spiro atoms. The lowest BCUT2D eigenvalue weighted by Gasteiger charge is -2.30. The number of pyridine rings is 1. The third kappa shape index (κ3) is 5.33. The lowest BCUT2D eigenvalue weighted by Crippen LogP contribution is -2.40. The Kier molecular flexibility index (Phi) is 6.81. The molecule has 0 saturated heterocycles. The molecule has 1 aromatic carbocycles. The molecule has 11 heteroatoms. The molecule has 1 N–H and O–H groups in total. The van der Waals surface area contributed by atoms with Gasteiger partial charge < -0.3 is 24.2 Å². The van der Waals surface area contributed by atoms with E-state index in [-0.39, 0.29) is 12.0 Å². The van der Waals surface area contributed by atoms with Gasteiger partial charge in [-0.3, -0.25) is 9.36 Å². The summed E-state index contributed by atoms with van der Waals surface area (Å²) in [6.45, 7) is 8.07. The molecule has 4 heterocycles. The summed E-state index contributed by atoms with van der Waals surface area (Å²) >= 11 is 0. The van der Waals surface area contributed by atoms with Crippen molar-refractivity contribution in [1.82, 2.24) is 24.6 Å². The smallest absolute Gasteiger partial charge is 0.410 e. The number of anilines is 1. The number of ether oxygens (including phenoxy) is 2. The highest BCUT2D eigenvalue weighted by Gasteiger charge is 2.29. The van der Waals surface area contributed by atoms with Gasteiger partial charge in [-0.1, -0.05) is 35.5 Å². The summed E-state index contributed by atoms with van der Waals surface area (Å²) < 4.78 is 18.2. The molecule has 0 aliphatic carbocycles. The van der Waals surface area contributed by atoms with Gasteiger partial charge in [0.1, 0.15) is 40.5 Å². The first-order chi connectivity index (χ1) is 18.6. The number of hydrogen-bond acceptors (Lipinski definition) is 8. The van der Waals surface area contributed by atoms with E-state index in [9.17, 15) is 9.59 Å². The second-order valence-corrected chi connectivity index (χ2v) is 10.2. The van der Waals surface area contributed by atoms with Crippen molar-refractivity contribution in [3.63, 3.8) is 0 Å². The van der Waals surface area contributed by atoms with Gasteiger partial charge in [-0.2, -0.15) is 4.98 Å². The van der Waals surface area contributed by atoms with Crippen LogP contribution < -0.4 is 10.1 Å². The third-order valence-corrected chi connectivity index (χ3v) is 6.23. The van der Waals surface area contributed by atoms with Crippen LogP contribution in [0.3, 0.4) is 0 Å². The van der Waals surface area contributed by atoms with Crippen molar-refractivity contribution in [2.24, 2.45) is 0 Å². The van der Waals surface area contributed by atoms with Crippen molar-refractivity contribution in [2.75, 3.05) is 19.0 Å². The maximum Gasteiger partial charge on any atom is 0.410 e. The number of nitrogens with zero attached hydrogens (tertiary/aromatic N) is 5. The predicted octanol–water partition coefficient (Wildman–Crippen LogP) is 4.78. The van der Waals surface area contributed by atoms with Crippen LogP contribution in [-0.2, 0) is 17.7 Å². The van der Waals surface area contributed by atoms with Crippen molar-refractivity contribution in [3.05, 3.63) is 71.5 Å². The summed E-state index contributed by atoms with van der Waals surface area (Å²) in [7, 11) is 1.48. The van der Waals surface area contributed by atoms with Crippen molar-refractivity contribution >= 4 is 17.7 Å². The monoisotopic (exact) mass is 530 g/mol. The highest BCUT2D eigenvalue weighted by Crippen LogP contribution is 2.30. The quantitative estimate of drug-likeness (QED) is 0.391. The molecule has 0 radical (unpaired) electrons. The Hall–Kier alpha value is -4.67. The molecular weight excluding hydrogens is 500 g/mol. The molecule has 0 saturated carbocycles. The Morgan fingerprint density at radius 1 is 1.10 bits per heavy atom. The molecule has 0 bridgehead atoms. The van der Waals surface area contributed by atoms with Gasteiger partial charge in [0.05, 0.1) is 25.0 Å². The van der Waals surface area contributed by atoms with Gasteiger partial charge in [0.15, 0.2) is 0 Å². The number of aryl methyl sites for hydroxylation is 1. The first-order valence-corrected chi connectivity index (χ1v) is 12.6. The van der Waals surface area contributed by atoms with Crippen molar-refractivity contribution in [2.45, 2.75) is 46.3 Å². The summed E-state index contributed by atoms with van der Waals surface area (Å²) in [6, 6.07) is 12.8. The van der Waals surface area contributed by atoms with Crippen molar-refractivity contribution in [1.29, 1.82) is 0 Å². The van der Waals surface area contributed by atoms with Crippen LogP contribution in [0.15, 0.2) is 53.3 Å². The van der Waals surface area contributed by atoms with E-state index in [2.05, 4.69) is 20.4 Å². The zero-order valence-corrected chi connectivity index (χ0v) is 22.5. The van der Waals surface area contributed by atoms with E-state index in [4.69, 9.17) is 14.0 Å². The number of hydrogen-bond donors (Lipinski definition) is 1. The number of nitrogens with one attached hydrogen (secondary N) is 1. The van der Waals surface area contributed by atoms with E-state index in [1.165, 1.54) is 7.11 Å². The van der Waals surface area contributed by atoms with E-state index in [0.29, 0.717) is 48.0 Å². The van der Waals surface area contributed by atoms with Gasteiger partial charge >= 0.3 is 6.09 Å². The Labute approximate surface area is 225 Å². The van der Waals surface area contributed by atoms with Gasteiger partial charge in [-0.15, -0.1) is 0 Å². The van der Waals surface area contributed by atoms with Gasteiger partial charge in [0.2, 0.25) is 5.88 Å². The normalized spacial score (nSPS) is 13.1. The topological polar surface area (TPSA) is 125 Å². The fraction of sp³-hybridized carbons (Fsp3) is 0.321. The average Bonchev–Trinajstić information content (AvgIpc) is 3.51. The van der Waals surface area contributed by atoms with Crippen LogP contribution in [0, 0.1) is 6.92 Å². The van der Waals surface area contributed by atoms with Crippen LogP contribution in [0.2, 0.25) is 0 Å². The summed E-state index contributed by atoms with van der Waals surface area (Å²) in [6.07, 6.45) is 1.91. The maximum absolute atomic E-state index is 13.3. The summed E-state index contributed by atoms with van der Waals surface area (Å²) in [5, 5.41) is 6.96. The number of methoxy groups -OCH3 is 1. The van der Waals surface area contributed by atoms with Crippen molar-refractivity contribution in [3.8, 4) is 23.0 Å². The summed E-state index contributed by atoms with van der Waals surface area (Å²) in [5.41, 5.74) is 3.09. The van der Waals surface area contributed by atoms with Gasteiger partial charge in [-0.25, -0.2) is 9.78 Å². The Morgan fingerprint density at radius 3 is 2.59 bits per heavy atom. The van der Waals surface area contributed by atoms with E-state index in [1.807, 2.05) is 55.7 Å².